The third kappa shape index (κ3) is 4.19. The molecule has 1 fully saturated rings. The van der Waals surface area contributed by atoms with Crippen LogP contribution < -0.4 is 4.74 Å². The Bertz CT molecular complexity index is 535. The Kier molecular flexibility index (Phi) is 5.75. The van der Waals surface area contributed by atoms with Crippen LogP contribution in [0.1, 0.15) is 19.8 Å². The quantitative estimate of drug-likeness (QED) is 0.781. The number of amides is 1. The van der Waals surface area contributed by atoms with Gasteiger partial charge in [0.25, 0.3) is 5.91 Å². The van der Waals surface area contributed by atoms with E-state index < -0.39 is 5.82 Å². The van der Waals surface area contributed by atoms with Crippen LogP contribution in [0.15, 0.2) is 24.3 Å². The number of halogens is 1. The average molecular weight is 309 g/mol. The lowest BCUT2D eigenvalue weighted by Gasteiger charge is -2.31. The lowest BCUT2D eigenvalue weighted by molar-refractivity contribution is -0.151. The third-order valence-corrected chi connectivity index (χ3v) is 3.58. The van der Waals surface area contributed by atoms with Gasteiger partial charge in [0.2, 0.25) is 0 Å². The lowest BCUT2D eigenvalue weighted by Crippen LogP contribution is -2.44. The molecule has 120 valence electrons. The smallest absolute Gasteiger partial charge is 0.310 e. The number of ether oxygens (including phenoxy) is 2. The molecule has 1 aromatic carbocycles. The second kappa shape index (κ2) is 7.77. The van der Waals surface area contributed by atoms with Crippen LogP contribution in [0.25, 0.3) is 0 Å². The fraction of sp³-hybridized carbons (Fsp3) is 0.500. The molecular weight excluding hydrogens is 289 g/mol. The standard InChI is InChI=1S/C16H20FNO4/c1-2-21-16(20)12-6-5-9-18(10-12)15(19)11-22-14-8-4-3-7-13(14)17/h3-4,7-8,12H,2,5-6,9-11H2,1H3/t12-/m1/s1. The molecule has 2 rings (SSSR count). The minimum absolute atomic E-state index is 0.0507. The van der Waals surface area contributed by atoms with Crippen molar-refractivity contribution < 1.29 is 23.5 Å². The molecule has 0 spiro atoms. The molecule has 0 aromatic heterocycles. The monoisotopic (exact) mass is 309 g/mol. The van der Waals surface area contributed by atoms with Crippen LogP contribution in [0.3, 0.4) is 0 Å². The van der Waals surface area contributed by atoms with Crippen molar-refractivity contribution in [1.82, 2.24) is 4.90 Å². The van der Waals surface area contributed by atoms with Crippen molar-refractivity contribution in [2.75, 3.05) is 26.3 Å². The summed E-state index contributed by atoms with van der Waals surface area (Å²) in [5.41, 5.74) is 0. The Hall–Kier alpha value is -2.11. The number of para-hydroxylation sites is 1. The molecule has 1 amide bonds. The second-order valence-corrected chi connectivity index (χ2v) is 5.15. The van der Waals surface area contributed by atoms with Gasteiger partial charge in [0, 0.05) is 13.1 Å². The van der Waals surface area contributed by atoms with E-state index in [1.807, 2.05) is 0 Å². The largest absolute Gasteiger partial charge is 0.481 e. The van der Waals surface area contributed by atoms with Crippen molar-refractivity contribution in [3.8, 4) is 5.75 Å². The molecule has 0 N–H and O–H groups in total. The summed E-state index contributed by atoms with van der Waals surface area (Å²) < 4.78 is 23.6. The number of rotatable bonds is 5. The molecule has 1 saturated heterocycles. The number of likely N-dealkylation sites (tertiary alicyclic amines) is 1. The van der Waals surface area contributed by atoms with E-state index in [0.29, 0.717) is 19.7 Å². The average Bonchev–Trinajstić information content (AvgIpc) is 2.54. The molecule has 6 heteroatoms. The molecule has 1 atom stereocenters. The predicted molar refractivity (Wildman–Crippen MR) is 77.8 cm³/mol. The maximum absolute atomic E-state index is 13.4. The number of piperidine rings is 1. The molecule has 0 saturated carbocycles. The summed E-state index contributed by atoms with van der Waals surface area (Å²) in [5, 5.41) is 0. The Morgan fingerprint density at radius 1 is 1.36 bits per heavy atom. The van der Waals surface area contributed by atoms with Gasteiger partial charge in [0.15, 0.2) is 18.2 Å². The molecule has 1 heterocycles. The fourth-order valence-electron chi connectivity index (χ4n) is 2.45. The minimum Gasteiger partial charge on any atom is -0.481 e. The summed E-state index contributed by atoms with van der Waals surface area (Å²) in [7, 11) is 0. The summed E-state index contributed by atoms with van der Waals surface area (Å²) in [6, 6.07) is 5.94. The van der Waals surface area contributed by atoms with Gasteiger partial charge in [-0.1, -0.05) is 12.1 Å². The molecule has 0 unspecified atom stereocenters. The number of carbonyl (C=O) groups is 2. The molecule has 0 bridgehead atoms. The molecule has 0 aliphatic carbocycles. The molecular formula is C16H20FNO4. The van der Waals surface area contributed by atoms with E-state index in [1.165, 1.54) is 12.1 Å². The van der Waals surface area contributed by atoms with Crippen molar-refractivity contribution in [2.45, 2.75) is 19.8 Å². The summed E-state index contributed by atoms with van der Waals surface area (Å²) in [5.74, 6) is -1.26. The maximum Gasteiger partial charge on any atom is 0.310 e. The second-order valence-electron chi connectivity index (χ2n) is 5.15. The molecule has 1 aliphatic rings. The predicted octanol–water partition coefficient (Wildman–Crippen LogP) is 2.01. The van der Waals surface area contributed by atoms with Crippen molar-refractivity contribution in [1.29, 1.82) is 0 Å². The topological polar surface area (TPSA) is 55.8 Å². The van der Waals surface area contributed by atoms with E-state index >= 15 is 0 Å². The van der Waals surface area contributed by atoms with E-state index in [2.05, 4.69) is 0 Å². The molecule has 22 heavy (non-hydrogen) atoms. The first-order valence-corrected chi connectivity index (χ1v) is 7.43. The maximum atomic E-state index is 13.4. The normalized spacial score (nSPS) is 17.9. The number of benzene rings is 1. The van der Waals surface area contributed by atoms with E-state index in [-0.39, 0.29) is 30.2 Å². The molecule has 1 aliphatic heterocycles. The first-order chi connectivity index (χ1) is 10.6. The van der Waals surface area contributed by atoms with E-state index in [0.717, 1.165) is 12.8 Å². The minimum atomic E-state index is -0.502. The van der Waals surface area contributed by atoms with Crippen molar-refractivity contribution in [3.63, 3.8) is 0 Å². The zero-order chi connectivity index (χ0) is 15.9. The van der Waals surface area contributed by atoms with Gasteiger partial charge in [-0.2, -0.15) is 0 Å². The van der Waals surface area contributed by atoms with Crippen LogP contribution in [0, 0.1) is 11.7 Å². The van der Waals surface area contributed by atoms with E-state index in [4.69, 9.17) is 9.47 Å². The fourth-order valence-corrected chi connectivity index (χ4v) is 2.45. The Morgan fingerprint density at radius 2 is 2.14 bits per heavy atom. The van der Waals surface area contributed by atoms with Crippen LogP contribution in [-0.2, 0) is 14.3 Å². The van der Waals surface area contributed by atoms with Crippen LogP contribution in [0.2, 0.25) is 0 Å². The van der Waals surface area contributed by atoms with Gasteiger partial charge in [-0.15, -0.1) is 0 Å². The zero-order valence-electron chi connectivity index (χ0n) is 12.6. The van der Waals surface area contributed by atoms with Gasteiger partial charge in [-0.05, 0) is 31.9 Å². The third-order valence-electron chi connectivity index (χ3n) is 3.58. The number of hydrogen-bond acceptors (Lipinski definition) is 4. The number of hydrogen-bond donors (Lipinski definition) is 0. The van der Waals surface area contributed by atoms with Gasteiger partial charge >= 0.3 is 5.97 Å². The lowest BCUT2D eigenvalue weighted by atomic mass is 9.98. The summed E-state index contributed by atoms with van der Waals surface area (Å²) in [4.78, 5) is 25.5. The van der Waals surface area contributed by atoms with Crippen LogP contribution in [-0.4, -0.2) is 43.1 Å². The van der Waals surface area contributed by atoms with Gasteiger partial charge in [0.1, 0.15) is 0 Å². The Morgan fingerprint density at radius 3 is 2.86 bits per heavy atom. The zero-order valence-corrected chi connectivity index (χ0v) is 12.6. The van der Waals surface area contributed by atoms with Crippen LogP contribution >= 0.6 is 0 Å². The Labute approximate surface area is 129 Å². The highest BCUT2D eigenvalue weighted by molar-refractivity contribution is 5.79. The van der Waals surface area contributed by atoms with Crippen LogP contribution in [0.4, 0.5) is 4.39 Å². The highest BCUT2D eigenvalue weighted by atomic mass is 19.1. The van der Waals surface area contributed by atoms with Crippen molar-refractivity contribution >= 4 is 11.9 Å². The van der Waals surface area contributed by atoms with Crippen LogP contribution in [0.5, 0.6) is 5.75 Å². The van der Waals surface area contributed by atoms with E-state index in [1.54, 1.807) is 24.0 Å². The number of esters is 1. The highest BCUT2D eigenvalue weighted by Crippen LogP contribution is 2.19. The molecule has 1 aromatic rings. The first-order valence-electron chi connectivity index (χ1n) is 7.43. The summed E-state index contributed by atoms with van der Waals surface area (Å²) in [6.45, 7) is 2.76. The summed E-state index contributed by atoms with van der Waals surface area (Å²) in [6.07, 6.45) is 1.46. The molecule has 0 radical (unpaired) electrons. The van der Waals surface area contributed by atoms with E-state index in [9.17, 15) is 14.0 Å². The number of carbonyl (C=O) groups excluding carboxylic acids is 2. The Balaban J connectivity index is 1.87. The number of nitrogens with zero attached hydrogens (tertiary/aromatic N) is 1. The summed E-state index contributed by atoms with van der Waals surface area (Å²) >= 11 is 0. The van der Waals surface area contributed by atoms with Gasteiger partial charge in [-0.3, -0.25) is 9.59 Å². The van der Waals surface area contributed by atoms with Crippen molar-refractivity contribution in [3.05, 3.63) is 30.1 Å². The first kappa shape index (κ1) is 16.3. The van der Waals surface area contributed by atoms with Gasteiger partial charge < -0.3 is 14.4 Å². The van der Waals surface area contributed by atoms with Crippen molar-refractivity contribution in [2.24, 2.45) is 5.92 Å². The highest BCUT2D eigenvalue weighted by Gasteiger charge is 2.29. The van der Waals surface area contributed by atoms with Gasteiger partial charge in [0.05, 0.1) is 12.5 Å². The van der Waals surface area contributed by atoms with Gasteiger partial charge in [-0.25, -0.2) is 4.39 Å². The SMILES string of the molecule is CCOC(=O)[C@@H]1CCCN(C(=O)COc2ccccc2F)C1. The molecule has 5 nitrogen and oxygen atoms in total.